The van der Waals surface area contributed by atoms with Gasteiger partial charge in [0.15, 0.2) is 5.96 Å². The van der Waals surface area contributed by atoms with Gasteiger partial charge in [0.2, 0.25) is 0 Å². The van der Waals surface area contributed by atoms with E-state index in [9.17, 15) is 10.1 Å². The summed E-state index contributed by atoms with van der Waals surface area (Å²) in [7, 11) is 1.66. The van der Waals surface area contributed by atoms with Crippen LogP contribution in [0.25, 0.3) is 0 Å². The topological polar surface area (TPSA) is 88.8 Å². The highest BCUT2D eigenvalue weighted by Crippen LogP contribution is 2.12. The number of nitro groups is 1. The third kappa shape index (κ3) is 7.85. The van der Waals surface area contributed by atoms with Crippen molar-refractivity contribution in [2.45, 2.75) is 19.5 Å². The van der Waals surface area contributed by atoms with E-state index in [1.54, 1.807) is 31.0 Å². The van der Waals surface area contributed by atoms with Gasteiger partial charge < -0.3 is 15.4 Å². The van der Waals surface area contributed by atoms with Crippen molar-refractivity contribution in [3.8, 4) is 0 Å². The van der Waals surface area contributed by atoms with Gasteiger partial charge in [0, 0.05) is 37.6 Å². The van der Waals surface area contributed by atoms with Crippen LogP contribution >= 0.6 is 11.8 Å². The Hall–Kier alpha value is -1.80. The van der Waals surface area contributed by atoms with E-state index in [4.69, 9.17) is 4.74 Å². The van der Waals surface area contributed by atoms with Crippen molar-refractivity contribution in [3.05, 3.63) is 39.9 Å². The van der Waals surface area contributed by atoms with Crippen LogP contribution in [0, 0.1) is 10.1 Å². The molecular formula is C15H24N4O3S. The molecule has 1 atom stereocenters. The highest BCUT2D eigenvalue weighted by molar-refractivity contribution is 7.98. The van der Waals surface area contributed by atoms with Gasteiger partial charge in [-0.2, -0.15) is 11.8 Å². The summed E-state index contributed by atoms with van der Waals surface area (Å²) in [6.07, 6.45) is 2.05. The summed E-state index contributed by atoms with van der Waals surface area (Å²) in [5.74, 6) is 1.69. The molecule has 1 aromatic rings. The summed E-state index contributed by atoms with van der Waals surface area (Å²) in [5.41, 5.74) is 1.00. The molecule has 0 aromatic heterocycles. The van der Waals surface area contributed by atoms with E-state index in [0.717, 1.165) is 17.9 Å². The highest BCUT2D eigenvalue weighted by Gasteiger charge is 2.06. The summed E-state index contributed by atoms with van der Waals surface area (Å²) in [6, 6.07) is 6.57. The Labute approximate surface area is 141 Å². The molecule has 0 aliphatic heterocycles. The van der Waals surface area contributed by atoms with Gasteiger partial charge in [0.05, 0.1) is 18.1 Å². The van der Waals surface area contributed by atoms with Gasteiger partial charge in [-0.3, -0.25) is 10.1 Å². The molecule has 0 saturated heterocycles. The Morgan fingerprint density at radius 2 is 2.13 bits per heavy atom. The van der Waals surface area contributed by atoms with Crippen molar-refractivity contribution in [2.24, 2.45) is 4.99 Å². The van der Waals surface area contributed by atoms with Gasteiger partial charge in [-0.25, -0.2) is 4.99 Å². The minimum Gasteiger partial charge on any atom is -0.383 e. The standard InChI is InChI=1S/C15H24N4O3S/c1-12(11-22-2)18-15(16-8-9-23-3)17-10-13-4-6-14(7-5-13)19(20)21/h4-7,12H,8-11H2,1-3H3,(H2,16,17,18). The van der Waals surface area contributed by atoms with Crippen LogP contribution in [0.1, 0.15) is 12.5 Å². The molecule has 7 nitrogen and oxygen atoms in total. The maximum absolute atomic E-state index is 10.7. The summed E-state index contributed by atoms with van der Waals surface area (Å²) in [5, 5.41) is 17.2. The van der Waals surface area contributed by atoms with Crippen LogP contribution in [0.2, 0.25) is 0 Å². The number of nitro benzene ring substituents is 1. The minimum atomic E-state index is -0.406. The number of aliphatic imine (C=N–C) groups is 1. The van der Waals surface area contributed by atoms with Crippen LogP contribution in [0.15, 0.2) is 29.3 Å². The first-order valence-electron chi connectivity index (χ1n) is 7.33. The number of methoxy groups -OCH3 is 1. The maximum Gasteiger partial charge on any atom is 0.269 e. The van der Waals surface area contributed by atoms with Crippen molar-refractivity contribution in [3.63, 3.8) is 0 Å². The van der Waals surface area contributed by atoms with Crippen LogP contribution in [-0.4, -0.2) is 49.2 Å². The van der Waals surface area contributed by atoms with Gasteiger partial charge in [-0.15, -0.1) is 0 Å². The lowest BCUT2D eigenvalue weighted by atomic mass is 10.2. The first-order valence-corrected chi connectivity index (χ1v) is 8.72. The second-order valence-corrected chi connectivity index (χ2v) is 5.99. The fourth-order valence-electron chi connectivity index (χ4n) is 1.84. The molecule has 0 bridgehead atoms. The van der Waals surface area contributed by atoms with E-state index in [1.807, 2.05) is 6.92 Å². The molecule has 0 aliphatic rings. The predicted molar refractivity (Wildman–Crippen MR) is 95.1 cm³/mol. The van der Waals surface area contributed by atoms with Gasteiger partial charge >= 0.3 is 0 Å². The number of rotatable bonds is 9. The van der Waals surface area contributed by atoms with E-state index in [1.165, 1.54) is 12.1 Å². The molecule has 1 unspecified atom stereocenters. The second kappa shape index (κ2) is 10.8. The second-order valence-electron chi connectivity index (χ2n) is 5.01. The lowest BCUT2D eigenvalue weighted by Crippen LogP contribution is -2.44. The molecule has 0 aliphatic carbocycles. The van der Waals surface area contributed by atoms with E-state index in [0.29, 0.717) is 19.1 Å². The SMILES string of the molecule is COCC(C)NC(=NCc1ccc([N+](=O)[O-])cc1)NCCSC. The molecule has 0 amide bonds. The van der Waals surface area contributed by atoms with Crippen LogP contribution in [0.4, 0.5) is 5.69 Å². The molecule has 0 heterocycles. The number of benzene rings is 1. The lowest BCUT2D eigenvalue weighted by molar-refractivity contribution is -0.384. The molecule has 0 radical (unpaired) electrons. The molecule has 23 heavy (non-hydrogen) atoms. The van der Waals surface area contributed by atoms with Crippen molar-refractivity contribution in [2.75, 3.05) is 32.3 Å². The van der Waals surface area contributed by atoms with Gasteiger partial charge in [0.25, 0.3) is 5.69 Å². The Kier molecular flexibility index (Phi) is 9.08. The third-order valence-corrected chi connectivity index (χ3v) is 3.58. The molecular weight excluding hydrogens is 316 g/mol. The summed E-state index contributed by atoms with van der Waals surface area (Å²) < 4.78 is 5.12. The number of hydrogen-bond donors (Lipinski definition) is 2. The number of guanidine groups is 1. The fraction of sp³-hybridized carbons (Fsp3) is 0.533. The average molecular weight is 340 g/mol. The molecule has 8 heteroatoms. The Morgan fingerprint density at radius 1 is 1.43 bits per heavy atom. The van der Waals surface area contributed by atoms with E-state index in [-0.39, 0.29) is 11.7 Å². The number of hydrogen-bond acceptors (Lipinski definition) is 5. The zero-order valence-corrected chi connectivity index (χ0v) is 14.6. The van der Waals surface area contributed by atoms with E-state index in [2.05, 4.69) is 21.9 Å². The monoisotopic (exact) mass is 340 g/mol. The molecule has 128 valence electrons. The normalized spacial score (nSPS) is 12.7. The summed E-state index contributed by atoms with van der Waals surface area (Å²) in [4.78, 5) is 14.8. The first-order chi connectivity index (χ1) is 11.1. The number of nitrogens with zero attached hydrogens (tertiary/aromatic N) is 2. The largest absolute Gasteiger partial charge is 0.383 e. The zero-order valence-electron chi connectivity index (χ0n) is 13.7. The Bertz CT molecular complexity index is 508. The summed E-state index contributed by atoms with van der Waals surface area (Å²) >= 11 is 1.76. The maximum atomic E-state index is 10.7. The lowest BCUT2D eigenvalue weighted by Gasteiger charge is -2.17. The number of ether oxygens (including phenoxy) is 1. The fourth-order valence-corrected chi connectivity index (χ4v) is 2.15. The van der Waals surface area contributed by atoms with Gasteiger partial charge in [-0.1, -0.05) is 12.1 Å². The van der Waals surface area contributed by atoms with Gasteiger partial charge in [-0.05, 0) is 18.7 Å². The van der Waals surface area contributed by atoms with E-state index >= 15 is 0 Å². The Morgan fingerprint density at radius 3 is 2.70 bits per heavy atom. The van der Waals surface area contributed by atoms with Crippen LogP contribution in [0.5, 0.6) is 0 Å². The number of non-ortho nitro benzene ring substituents is 1. The third-order valence-electron chi connectivity index (χ3n) is 2.97. The van der Waals surface area contributed by atoms with Crippen molar-refractivity contribution in [1.82, 2.24) is 10.6 Å². The quantitative estimate of drug-likeness (QED) is 0.235. The summed E-state index contributed by atoms with van der Waals surface area (Å²) in [6.45, 7) is 3.86. The number of nitrogens with one attached hydrogen (secondary N) is 2. The smallest absolute Gasteiger partial charge is 0.269 e. The molecule has 1 aromatic carbocycles. The highest BCUT2D eigenvalue weighted by atomic mass is 32.2. The van der Waals surface area contributed by atoms with Crippen molar-refractivity contribution < 1.29 is 9.66 Å². The molecule has 0 spiro atoms. The Balaban J connectivity index is 2.67. The molecule has 1 rings (SSSR count). The average Bonchev–Trinajstić information content (AvgIpc) is 2.53. The van der Waals surface area contributed by atoms with Crippen molar-refractivity contribution >= 4 is 23.4 Å². The predicted octanol–water partition coefficient (Wildman–Crippen LogP) is 2.03. The zero-order chi connectivity index (χ0) is 17.1. The van der Waals surface area contributed by atoms with E-state index < -0.39 is 4.92 Å². The number of thioether (sulfide) groups is 1. The molecule has 0 fully saturated rings. The van der Waals surface area contributed by atoms with Crippen LogP contribution < -0.4 is 10.6 Å². The van der Waals surface area contributed by atoms with Crippen molar-refractivity contribution in [1.29, 1.82) is 0 Å². The minimum absolute atomic E-state index is 0.0860. The van der Waals surface area contributed by atoms with Crippen LogP contribution in [0.3, 0.4) is 0 Å². The first kappa shape index (κ1) is 19.2. The molecule has 0 saturated carbocycles. The van der Waals surface area contributed by atoms with Crippen LogP contribution in [-0.2, 0) is 11.3 Å². The van der Waals surface area contributed by atoms with Gasteiger partial charge in [0.1, 0.15) is 0 Å². The molecule has 2 N–H and O–H groups in total.